The van der Waals surface area contributed by atoms with E-state index in [9.17, 15) is 13.2 Å². The molecular formula is C7H15NO5S. The lowest BCUT2D eigenvalue weighted by Crippen LogP contribution is -2.32. The first-order valence-electron chi connectivity index (χ1n) is 4.05. The molecule has 0 unspecified atom stereocenters. The Morgan fingerprint density at radius 1 is 1.36 bits per heavy atom. The van der Waals surface area contributed by atoms with E-state index < -0.39 is 16.0 Å². The topological polar surface area (TPSA) is 81.7 Å². The summed E-state index contributed by atoms with van der Waals surface area (Å²) < 4.78 is 33.4. The van der Waals surface area contributed by atoms with Crippen LogP contribution < -0.4 is 4.72 Å². The molecule has 0 rings (SSSR count). The van der Waals surface area contributed by atoms with Gasteiger partial charge in [0, 0.05) is 13.7 Å². The van der Waals surface area contributed by atoms with Gasteiger partial charge in [-0.05, 0) is 6.42 Å². The first-order valence-corrected chi connectivity index (χ1v) is 5.70. The third-order valence-corrected chi connectivity index (χ3v) is 2.84. The second-order valence-electron chi connectivity index (χ2n) is 2.56. The Bertz CT molecular complexity index is 261. The third kappa shape index (κ3) is 6.81. The maximum atomic E-state index is 11.2. The van der Waals surface area contributed by atoms with Crippen molar-refractivity contribution in [3.05, 3.63) is 0 Å². The zero-order valence-electron chi connectivity index (χ0n) is 8.28. The van der Waals surface area contributed by atoms with E-state index in [0.717, 1.165) is 0 Å². The third-order valence-electron chi connectivity index (χ3n) is 1.43. The highest BCUT2D eigenvalue weighted by Gasteiger charge is 2.11. The standard InChI is InChI=1S/C7H15NO5S/c1-12-4-3-5-14(10,11)8-6-7(9)13-2/h8H,3-6H2,1-2H3. The van der Waals surface area contributed by atoms with Gasteiger partial charge in [0.15, 0.2) is 0 Å². The lowest BCUT2D eigenvalue weighted by molar-refractivity contribution is -0.139. The molecule has 0 saturated carbocycles. The Morgan fingerprint density at radius 2 is 2.00 bits per heavy atom. The SMILES string of the molecule is COCCCS(=O)(=O)NCC(=O)OC. The minimum absolute atomic E-state index is 0.0577. The Kier molecular flexibility index (Phi) is 6.43. The quantitative estimate of drug-likeness (QED) is 0.449. The minimum Gasteiger partial charge on any atom is -0.468 e. The number of hydrogen-bond donors (Lipinski definition) is 1. The van der Waals surface area contributed by atoms with Gasteiger partial charge in [0.1, 0.15) is 6.54 Å². The number of methoxy groups -OCH3 is 2. The summed E-state index contributed by atoms with van der Waals surface area (Å²) in [5.74, 6) is -0.669. The zero-order chi connectivity index (χ0) is 11.0. The van der Waals surface area contributed by atoms with Gasteiger partial charge in [-0.25, -0.2) is 13.1 Å². The molecule has 0 heterocycles. The molecule has 1 N–H and O–H groups in total. The Balaban J connectivity index is 3.78. The average molecular weight is 225 g/mol. The van der Waals surface area contributed by atoms with Crippen LogP contribution in [0.15, 0.2) is 0 Å². The number of sulfonamides is 1. The molecule has 0 bridgehead atoms. The highest BCUT2D eigenvalue weighted by atomic mass is 32.2. The number of hydrogen-bond acceptors (Lipinski definition) is 5. The largest absolute Gasteiger partial charge is 0.468 e. The van der Waals surface area contributed by atoms with Crippen molar-refractivity contribution >= 4 is 16.0 Å². The van der Waals surface area contributed by atoms with E-state index in [1.54, 1.807) is 0 Å². The summed E-state index contributed by atoms with van der Waals surface area (Å²) in [6.07, 6.45) is 0.396. The minimum atomic E-state index is -3.39. The van der Waals surface area contributed by atoms with Gasteiger partial charge >= 0.3 is 5.97 Å². The van der Waals surface area contributed by atoms with Crippen LogP contribution in [-0.4, -0.2) is 47.5 Å². The monoisotopic (exact) mass is 225 g/mol. The molecule has 0 spiro atoms. The number of carbonyl (C=O) groups is 1. The van der Waals surface area contributed by atoms with Crippen molar-refractivity contribution in [2.24, 2.45) is 0 Å². The fourth-order valence-corrected chi connectivity index (χ4v) is 1.69. The highest BCUT2D eigenvalue weighted by Crippen LogP contribution is 1.89. The van der Waals surface area contributed by atoms with Crippen LogP contribution in [0.1, 0.15) is 6.42 Å². The second-order valence-corrected chi connectivity index (χ2v) is 4.49. The molecule has 0 aliphatic rings. The smallest absolute Gasteiger partial charge is 0.320 e. The van der Waals surface area contributed by atoms with Crippen molar-refractivity contribution in [2.45, 2.75) is 6.42 Å². The van der Waals surface area contributed by atoms with Crippen LogP contribution in [0.5, 0.6) is 0 Å². The van der Waals surface area contributed by atoms with Gasteiger partial charge in [0.2, 0.25) is 10.0 Å². The predicted octanol–water partition coefficient (Wildman–Crippen LogP) is -0.885. The Labute approximate surface area is 83.6 Å². The van der Waals surface area contributed by atoms with Gasteiger partial charge in [-0.3, -0.25) is 4.79 Å². The van der Waals surface area contributed by atoms with Crippen molar-refractivity contribution in [1.29, 1.82) is 0 Å². The van der Waals surface area contributed by atoms with Crippen molar-refractivity contribution < 1.29 is 22.7 Å². The Hall–Kier alpha value is -0.660. The number of nitrogens with one attached hydrogen (secondary N) is 1. The van der Waals surface area contributed by atoms with Crippen molar-refractivity contribution in [2.75, 3.05) is 33.1 Å². The number of ether oxygens (including phenoxy) is 2. The number of carbonyl (C=O) groups excluding carboxylic acids is 1. The summed E-state index contributed by atoms with van der Waals surface area (Å²) in [6, 6.07) is 0. The molecule has 0 aromatic carbocycles. The van der Waals surface area contributed by atoms with E-state index in [4.69, 9.17) is 4.74 Å². The van der Waals surface area contributed by atoms with E-state index in [-0.39, 0.29) is 12.3 Å². The molecule has 0 amide bonds. The zero-order valence-corrected chi connectivity index (χ0v) is 9.09. The fourth-order valence-electron chi connectivity index (χ4n) is 0.707. The lowest BCUT2D eigenvalue weighted by Gasteiger charge is -2.04. The molecule has 6 nitrogen and oxygen atoms in total. The molecule has 14 heavy (non-hydrogen) atoms. The first-order chi connectivity index (χ1) is 6.52. The van der Waals surface area contributed by atoms with E-state index in [1.807, 2.05) is 0 Å². The van der Waals surface area contributed by atoms with Crippen molar-refractivity contribution in [3.8, 4) is 0 Å². The van der Waals surface area contributed by atoms with Crippen molar-refractivity contribution in [1.82, 2.24) is 4.72 Å². The summed E-state index contributed by atoms with van der Waals surface area (Å²) in [5, 5.41) is 0. The second kappa shape index (κ2) is 6.74. The molecule has 0 aliphatic heterocycles. The molecule has 0 aromatic rings. The molecule has 0 fully saturated rings. The molecule has 84 valence electrons. The maximum Gasteiger partial charge on any atom is 0.320 e. The van der Waals surface area contributed by atoms with Crippen LogP contribution in [0.4, 0.5) is 0 Å². The van der Waals surface area contributed by atoms with E-state index in [2.05, 4.69) is 9.46 Å². The normalized spacial score (nSPS) is 11.3. The lowest BCUT2D eigenvalue weighted by atomic mass is 10.5. The molecule has 7 heteroatoms. The number of esters is 1. The van der Waals surface area contributed by atoms with Crippen LogP contribution in [0.3, 0.4) is 0 Å². The van der Waals surface area contributed by atoms with E-state index in [1.165, 1.54) is 14.2 Å². The molecule has 0 atom stereocenters. The number of rotatable bonds is 7. The molecule has 0 radical (unpaired) electrons. The maximum absolute atomic E-state index is 11.2. The molecular weight excluding hydrogens is 210 g/mol. The van der Waals surface area contributed by atoms with E-state index >= 15 is 0 Å². The van der Waals surface area contributed by atoms with Crippen molar-refractivity contribution in [3.63, 3.8) is 0 Å². The Morgan fingerprint density at radius 3 is 2.50 bits per heavy atom. The average Bonchev–Trinajstić information content (AvgIpc) is 2.14. The summed E-state index contributed by atoms with van der Waals surface area (Å²) in [4.78, 5) is 10.6. The molecule has 0 aliphatic carbocycles. The summed E-state index contributed by atoms with van der Waals surface area (Å²) >= 11 is 0. The fraction of sp³-hybridized carbons (Fsp3) is 0.857. The molecule has 0 saturated heterocycles. The van der Waals surface area contributed by atoms with Crippen LogP contribution in [0.25, 0.3) is 0 Å². The first kappa shape index (κ1) is 13.3. The van der Waals surface area contributed by atoms with Crippen LogP contribution >= 0.6 is 0 Å². The summed E-state index contributed by atoms with van der Waals surface area (Å²) in [7, 11) is -0.699. The van der Waals surface area contributed by atoms with Gasteiger partial charge in [0.25, 0.3) is 0 Å². The summed E-state index contributed by atoms with van der Waals surface area (Å²) in [6.45, 7) is 0.0466. The predicted molar refractivity (Wildman–Crippen MR) is 50.3 cm³/mol. The van der Waals surface area contributed by atoms with Gasteiger partial charge in [-0.1, -0.05) is 0 Å². The summed E-state index contributed by atoms with van der Waals surface area (Å²) in [5.41, 5.74) is 0. The van der Waals surface area contributed by atoms with Crippen LogP contribution in [0, 0.1) is 0 Å². The van der Waals surface area contributed by atoms with Gasteiger partial charge < -0.3 is 9.47 Å². The van der Waals surface area contributed by atoms with Crippen LogP contribution in [0.2, 0.25) is 0 Å². The van der Waals surface area contributed by atoms with Gasteiger partial charge in [-0.2, -0.15) is 0 Å². The highest BCUT2D eigenvalue weighted by molar-refractivity contribution is 7.89. The van der Waals surface area contributed by atoms with E-state index in [0.29, 0.717) is 13.0 Å². The van der Waals surface area contributed by atoms with Crippen LogP contribution in [-0.2, 0) is 24.3 Å². The van der Waals surface area contributed by atoms with Gasteiger partial charge in [-0.15, -0.1) is 0 Å². The van der Waals surface area contributed by atoms with Gasteiger partial charge in [0.05, 0.1) is 12.9 Å². The molecule has 0 aromatic heterocycles.